The fourth-order valence-corrected chi connectivity index (χ4v) is 4.28. The van der Waals surface area contributed by atoms with Crippen LogP contribution in [0, 0.1) is 0 Å². The highest BCUT2D eigenvalue weighted by Crippen LogP contribution is 2.44. The normalized spacial score (nSPS) is 21.5. The first kappa shape index (κ1) is 16.7. The predicted molar refractivity (Wildman–Crippen MR) is 95.5 cm³/mol. The number of rotatable bonds is 3. The number of thioether (sulfide) groups is 1. The maximum absolute atomic E-state index is 12.8. The maximum atomic E-state index is 12.8. The van der Waals surface area contributed by atoms with Crippen molar-refractivity contribution in [2.75, 3.05) is 11.4 Å². The zero-order valence-electron chi connectivity index (χ0n) is 13.0. The van der Waals surface area contributed by atoms with Crippen LogP contribution in [0.25, 0.3) is 5.57 Å². The van der Waals surface area contributed by atoms with Gasteiger partial charge in [-0.1, -0.05) is 42.2 Å². The zero-order valence-corrected chi connectivity index (χ0v) is 14.6. The third-order valence-electron chi connectivity index (χ3n) is 4.01. The monoisotopic (exact) mass is 362 g/mol. The quantitative estimate of drug-likeness (QED) is 0.655. The van der Waals surface area contributed by atoms with Gasteiger partial charge in [-0.2, -0.15) is 0 Å². The summed E-state index contributed by atoms with van der Waals surface area (Å²) in [6, 6.07) is 6.15. The third kappa shape index (κ3) is 2.33. The van der Waals surface area contributed by atoms with Crippen LogP contribution in [0.4, 0.5) is 5.69 Å². The van der Waals surface area contributed by atoms with E-state index in [1.807, 2.05) is 19.1 Å². The van der Waals surface area contributed by atoms with Crippen molar-refractivity contribution in [3.05, 3.63) is 34.7 Å². The highest BCUT2D eigenvalue weighted by molar-refractivity contribution is 8.26. The Kier molecular flexibility index (Phi) is 4.18. The number of thiocarbonyl (C=S) groups is 1. The lowest BCUT2D eigenvalue weighted by Crippen LogP contribution is -2.41. The predicted octanol–water partition coefficient (Wildman–Crippen LogP) is 2.10. The van der Waals surface area contributed by atoms with E-state index in [-0.39, 0.29) is 15.1 Å². The highest BCUT2D eigenvalue weighted by Gasteiger charge is 2.44. The van der Waals surface area contributed by atoms with Crippen LogP contribution in [0.3, 0.4) is 0 Å². The molecule has 2 amide bonds. The van der Waals surface area contributed by atoms with Crippen molar-refractivity contribution in [1.82, 2.24) is 4.90 Å². The number of fused-ring (bicyclic) bond motifs is 1. The molecule has 124 valence electrons. The molecule has 0 aromatic heterocycles. The van der Waals surface area contributed by atoms with Gasteiger partial charge in [-0.15, -0.1) is 0 Å². The van der Waals surface area contributed by atoms with E-state index in [9.17, 15) is 14.4 Å². The average molecular weight is 362 g/mol. The lowest BCUT2D eigenvalue weighted by molar-refractivity contribution is -0.144. The number of hydrogen-bond donors (Lipinski definition) is 1. The van der Waals surface area contributed by atoms with Crippen molar-refractivity contribution in [3.8, 4) is 0 Å². The van der Waals surface area contributed by atoms with Crippen LogP contribution in [0.2, 0.25) is 0 Å². The summed E-state index contributed by atoms with van der Waals surface area (Å²) in [4.78, 5) is 39.5. The first-order valence-electron chi connectivity index (χ1n) is 7.32. The summed E-state index contributed by atoms with van der Waals surface area (Å²) in [5.41, 5.74) is 1.72. The van der Waals surface area contributed by atoms with Gasteiger partial charge in [-0.05, 0) is 19.9 Å². The third-order valence-corrected chi connectivity index (χ3v) is 5.41. The fourth-order valence-electron chi connectivity index (χ4n) is 2.79. The molecule has 3 rings (SSSR count). The molecular formula is C16H14N2O4S2. The lowest BCUT2D eigenvalue weighted by atomic mass is 10.1. The summed E-state index contributed by atoms with van der Waals surface area (Å²) in [5, 5.41) is 9.17. The van der Waals surface area contributed by atoms with Gasteiger partial charge < -0.3 is 10.0 Å². The molecular weight excluding hydrogens is 348 g/mol. The Morgan fingerprint density at radius 2 is 1.96 bits per heavy atom. The van der Waals surface area contributed by atoms with Crippen molar-refractivity contribution in [2.24, 2.45) is 0 Å². The molecule has 2 heterocycles. The van der Waals surface area contributed by atoms with E-state index in [4.69, 9.17) is 17.3 Å². The van der Waals surface area contributed by atoms with E-state index in [2.05, 4.69) is 0 Å². The average Bonchev–Trinajstić information content (AvgIpc) is 2.99. The molecule has 1 aromatic rings. The molecule has 8 heteroatoms. The Hall–Kier alpha value is -2.19. The molecule has 0 radical (unpaired) electrons. The fraction of sp³-hybridized carbons (Fsp3) is 0.250. The highest BCUT2D eigenvalue weighted by atomic mass is 32.2. The smallest absolute Gasteiger partial charge is 0.326 e. The number of nitrogens with zero attached hydrogens (tertiary/aromatic N) is 2. The molecule has 1 fully saturated rings. The lowest BCUT2D eigenvalue weighted by Gasteiger charge is -2.18. The summed E-state index contributed by atoms with van der Waals surface area (Å²) < 4.78 is 0.151. The molecule has 0 aliphatic carbocycles. The molecule has 2 aliphatic rings. The minimum atomic E-state index is -1.15. The van der Waals surface area contributed by atoms with Crippen molar-refractivity contribution < 1.29 is 19.5 Å². The van der Waals surface area contributed by atoms with Crippen molar-refractivity contribution >= 4 is 57.3 Å². The Labute approximate surface area is 148 Å². The Morgan fingerprint density at radius 1 is 1.29 bits per heavy atom. The van der Waals surface area contributed by atoms with Crippen molar-refractivity contribution in [3.63, 3.8) is 0 Å². The zero-order chi connectivity index (χ0) is 17.6. The number of carbonyl (C=O) groups excluding carboxylic acids is 2. The van der Waals surface area contributed by atoms with Crippen LogP contribution in [0.15, 0.2) is 29.2 Å². The molecule has 1 aromatic carbocycles. The first-order valence-corrected chi connectivity index (χ1v) is 8.54. The van der Waals surface area contributed by atoms with Gasteiger partial charge in [0.2, 0.25) is 0 Å². The number of anilines is 1. The molecule has 2 aliphatic heterocycles. The van der Waals surface area contributed by atoms with E-state index in [0.717, 1.165) is 22.3 Å². The minimum absolute atomic E-state index is 0.151. The van der Waals surface area contributed by atoms with Crippen LogP contribution in [0.5, 0.6) is 0 Å². The van der Waals surface area contributed by atoms with Gasteiger partial charge in [-0.25, -0.2) is 4.79 Å². The molecule has 1 N–H and O–H groups in total. The van der Waals surface area contributed by atoms with Gasteiger partial charge in [0.1, 0.15) is 10.4 Å². The topological polar surface area (TPSA) is 77.9 Å². The summed E-state index contributed by atoms with van der Waals surface area (Å²) in [5.74, 6) is -1.94. The second-order valence-corrected chi connectivity index (χ2v) is 6.97. The van der Waals surface area contributed by atoms with Crippen molar-refractivity contribution in [1.29, 1.82) is 0 Å². The van der Waals surface area contributed by atoms with Gasteiger partial charge in [0, 0.05) is 12.1 Å². The number of aliphatic carboxylic acids is 1. The molecule has 0 saturated carbocycles. The summed E-state index contributed by atoms with van der Waals surface area (Å²) >= 11 is 6.15. The number of para-hydroxylation sites is 1. The summed E-state index contributed by atoms with van der Waals surface area (Å²) in [6.45, 7) is 3.73. The molecule has 6 nitrogen and oxygen atoms in total. The van der Waals surface area contributed by atoms with Gasteiger partial charge in [0.05, 0.1) is 16.2 Å². The number of likely N-dealkylation sites (N-methyl/N-ethyl adjacent to an activating group) is 1. The largest absolute Gasteiger partial charge is 0.480 e. The van der Waals surface area contributed by atoms with E-state index in [1.54, 1.807) is 17.0 Å². The van der Waals surface area contributed by atoms with Gasteiger partial charge in [-0.3, -0.25) is 14.5 Å². The van der Waals surface area contributed by atoms with E-state index < -0.39 is 17.9 Å². The van der Waals surface area contributed by atoms with Crippen molar-refractivity contribution in [2.45, 2.75) is 19.9 Å². The van der Waals surface area contributed by atoms with Gasteiger partial charge >= 0.3 is 5.97 Å². The Morgan fingerprint density at radius 3 is 2.58 bits per heavy atom. The number of amides is 2. The number of carboxylic acids is 1. The van der Waals surface area contributed by atoms with Crippen LogP contribution in [0.1, 0.15) is 19.4 Å². The molecule has 24 heavy (non-hydrogen) atoms. The van der Waals surface area contributed by atoms with E-state index in [1.165, 1.54) is 6.92 Å². The maximum Gasteiger partial charge on any atom is 0.326 e. The molecule has 1 saturated heterocycles. The van der Waals surface area contributed by atoms with Crippen LogP contribution >= 0.6 is 24.0 Å². The molecule has 0 bridgehead atoms. The first-order chi connectivity index (χ1) is 11.4. The molecule has 0 spiro atoms. The number of carbonyl (C=O) groups is 3. The van der Waals surface area contributed by atoms with Crippen LogP contribution < -0.4 is 4.90 Å². The van der Waals surface area contributed by atoms with Gasteiger partial charge in [0.25, 0.3) is 11.8 Å². The van der Waals surface area contributed by atoms with E-state index >= 15 is 0 Å². The Balaban J connectivity index is 2.14. The summed E-state index contributed by atoms with van der Waals surface area (Å²) in [6.07, 6.45) is 0. The standard InChI is InChI=1S/C16H14N2O4S2/c1-3-17-10-7-5-4-6-9(10)11(13(17)19)12-14(20)18(16(23)24-12)8(2)15(21)22/h4-8H,3H2,1-2H3,(H,21,22)/b12-11-/t8-/m0/s1. The summed E-state index contributed by atoms with van der Waals surface area (Å²) in [7, 11) is 0. The Bertz CT molecular complexity index is 818. The minimum Gasteiger partial charge on any atom is -0.480 e. The SMILES string of the molecule is CCN1C(=O)/C(=C2\SC(=S)N([C@@H](C)C(=O)O)C2=O)c2ccccc21. The second-order valence-electron chi connectivity index (χ2n) is 5.33. The number of benzene rings is 1. The number of carboxylic acid groups (broad SMARTS) is 1. The number of hydrogen-bond acceptors (Lipinski definition) is 5. The molecule has 0 unspecified atom stereocenters. The van der Waals surface area contributed by atoms with Gasteiger partial charge in [0.15, 0.2) is 0 Å². The van der Waals surface area contributed by atoms with E-state index in [0.29, 0.717) is 17.7 Å². The van der Waals surface area contributed by atoms with Crippen LogP contribution in [-0.4, -0.2) is 44.7 Å². The van der Waals surface area contributed by atoms with Crippen LogP contribution in [-0.2, 0) is 14.4 Å². The second kappa shape index (κ2) is 6.03. The molecule has 1 atom stereocenters.